The Balaban J connectivity index is 2.05. The van der Waals surface area contributed by atoms with Gasteiger partial charge in [-0.3, -0.25) is 9.36 Å². The number of fused-ring (bicyclic) bond motifs is 1. The fourth-order valence-corrected chi connectivity index (χ4v) is 5.70. The number of esters is 1. The first-order valence-corrected chi connectivity index (χ1v) is 11.4. The first-order valence-electron chi connectivity index (χ1n) is 9.34. The summed E-state index contributed by atoms with van der Waals surface area (Å²) in [5.74, 6) is -0.0501. The second-order valence-corrected chi connectivity index (χ2v) is 9.32. The number of allylic oxidation sites excluding steroid dienone is 1. The number of halogens is 1. The molecule has 0 spiro atoms. The largest absolute Gasteiger partial charge is 0.496 e. The Labute approximate surface area is 191 Å². The summed E-state index contributed by atoms with van der Waals surface area (Å²) in [7, 11) is 2.84. The van der Waals surface area contributed by atoms with E-state index in [-0.39, 0.29) is 11.1 Å². The van der Waals surface area contributed by atoms with E-state index in [0.717, 1.165) is 10.4 Å². The molecule has 1 aliphatic heterocycles. The minimum atomic E-state index is -0.774. The highest BCUT2D eigenvalue weighted by molar-refractivity contribution is 7.11. The lowest BCUT2D eigenvalue weighted by atomic mass is 9.95. The van der Waals surface area contributed by atoms with Gasteiger partial charge in [0.25, 0.3) is 5.56 Å². The van der Waals surface area contributed by atoms with Crippen molar-refractivity contribution in [1.29, 1.82) is 0 Å². The maximum absolute atomic E-state index is 13.5. The molecule has 3 aromatic rings. The number of thiazole rings is 1. The van der Waals surface area contributed by atoms with Crippen molar-refractivity contribution in [2.75, 3.05) is 14.2 Å². The third kappa shape index (κ3) is 3.75. The Morgan fingerprint density at radius 2 is 2.03 bits per heavy atom. The van der Waals surface area contributed by atoms with Gasteiger partial charge in [-0.2, -0.15) is 0 Å². The summed E-state index contributed by atoms with van der Waals surface area (Å²) in [6.07, 6.45) is 1.87. The summed E-state index contributed by atoms with van der Waals surface area (Å²) in [6.45, 7) is 3.73. The molecule has 0 N–H and O–H groups in total. The molecule has 1 aromatic carbocycles. The summed E-state index contributed by atoms with van der Waals surface area (Å²) in [5.41, 5.74) is 2.20. The number of carbonyl (C=O) groups is 1. The van der Waals surface area contributed by atoms with E-state index in [1.165, 1.54) is 30.1 Å². The molecule has 4 rings (SSSR count). The van der Waals surface area contributed by atoms with Gasteiger partial charge >= 0.3 is 5.97 Å². The van der Waals surface area contributed by atoms with Gasteiger partial charge in [0.1, 0.15) is 11.8 Å². The quantitative estimate of drug-likeness (QED) is 0.543. The number of aryl methyl sites for hydroxylation is 1. The van der Waals surface area contributed by atoms with Crippen molar-refractivity contribution in [1.82, 2.24) is 4.57 Å². The van der Waals surface area contributed by atoms with Crippen molar-refractivity contribution in [2.45, 2.75) is 19.9 Å². The molecule has 0 unspecified atom stereocenters. The van der Waals surface area contributed by atoms with Crippen molar-refractivity contribution in [3.05, 3.63) is 81.6 Å². The van der Waals surface area contributed by atoms with Crippen LogP contribution in [0.4, 0.5) is 0 Å². The molecule has 1 atom stereocenters. The molecule has 0 aliphatic carbocycles. The van der Waals surface area contributed by atoms with Crippen LogP contribution in [0.2, 0.25) is 5.02 Å². The van der Waals surface area contributed by atoms with E-state index in [1.807, 2.05) is 24.4 Å². The van der Waals surface area contributed by atoms with Crippen LogP contribution in [0.5, 0.6) is 5.75 Å². The summed E-state index contributed by atoms with van der Waals surface area (Å²) in [4.78, 5) is 32.3. The maximum atomic E-state index is 13.5. The third-order valence-corrected chi connectivity index (χ3v) is 7.26. The summed E-state index contributed by atoms with van der Waals surface area (Å²) in [6, 6.07) is 6.35. The maximum Gasteiger partial charge on any atom is 0.338 e. The van der Waals surface area contributed by atoms with Crippen LogP contribution in [0.25, 0.3) is 6.08 Å². The van der Waals surface area contributed by atoms with Crippen molar-refractivity contribution in [3.63, 3.8) is 0 Å². The Hall–Kier alpha value is -2.68. The molecule has 31 heavy (non-hydrogen) atoms. The van der Waals surface area contributed by atoms with E-state index in [4.69, 9.17) is 21.1 Å². The molecule has 0 saturated carbocycles. The van der Waals surface area contributed by atoms with E-state index in [2.05, 4.69) is 4.99 Å². The first-order chi connectivity index (χ1) is 14.8. The number of rotatable bonds is 4. The number of carbonyl (C=O) groups excluding carboxylic acids is 1. The number of aromatic nitrogens is 1. The molecule has 0 fully saturated rings. The zero-order valence-electron chi connectivity index (χ0n) is 17.3. The number of hydrogen-bond acceptors (Lipinski definition) is 7. The summed E-state index contributed by atoms with van der Waals surface area (Å²) >= 11 is 9.12. The molecule has 6 nitrogen and oxygen atoms in total. The average Bonchev–Trinajstić information content (AvgIpc) is 3.29. The minimum Gasteiger partial charge on any atom is -0.496 e. The fraction of sp³-hybridized carbons (Fsp3) is 0.227. The number of methoxy groups -OCH3 is 2. The van der Waals surface area contributed by atoms with E-state index in [1.54, 1.807) is 36.5 Å². The van der Waals surface area contributed by atoms with Crippen molar-refractivity contribution >= 4 is 46.3 Å². The lowest BCUT2D eigenvalue weighted by Crippen LogP contribution is -2.40. The Kier molecular flexibility index (Phi) is 5.88. The smallest absolute Gasteiger partial charge is 0.338 e. The standard InChI is InChI=1S/C22H19ClN2O4S2/c1-11-7-8-30-16(11)10-17-20(26)25-19(14-9-13(23)5-6-15(14)28-3)18(21(27)29-4)12(2)24-22(25)31-17/h5-10,19H,1-4H3/b17-10-/t19-/m1/s1. The van der Waals surface area contributed by atoms with Gasteiger partial charge in [-0.1, -0.05) is 22.9 Å². The molecule has 9 heteroatoms. The van der Waals surface area contributed by atoms with Gasteiger partial charge < -0.3 is 9.47 Å². The van der Waals surface area contributed by atoms with E-state index in [0.29, 0.717) is 31.4 Å². The molecular weight excluding hydrogens is 456 g/mol. The second kappa shape index (κ2) is 8.45. The lowest BCUT2D eigenvalue weighted by molar-refractivity contribution is -0.136. The molecule has 160 valence electrons. The van der Waals surface area contributed by atoms with Gasteiger partial charge in [0.05, 0.1) is 30.0 Å². The Morgan fingerprint density at radius 1 is 1.26 bits per heavy atom. The SMILES string of the molecule is COC(=O)C1=C(C)N=c2s/c(=C\c3sccc3C)c(=O)n2[C@@H]1c1cc(Cl)ccc1OC. The predicted octanol–water partition coefficient (Wildman–Crippen LogP) is 3.44. The van der Waals surface area contributed by atoms with Crippen LogP contribution in [0.15, 0.2) is 50.7 Å². The molecular formula is C22H19ClN2O4S2. The molecule has 1 aliphatic rings. The normalized spacial score (nSPS) is 16.2. The van der Waals surface area contributed by atoms with Crippen molar-refractivity contribution in [3.8, 4) is 5.75 Å². The van der Waals surface area contributed by atoms with Gasteiger partial charge in [0.2, 0.25) is 0 Å². The molecule has 0 saturated heterocycles. The molecule has 2 aromatic heterocycles. The third-order valence-electron chi connectivity index (χ3n) is 5.08. The number of thiophene rings is 1. The summed E-state index contributed by atoms with van der Waals surface area (Å²) < 4.78 is 12.6. The van der Waals surface area contributed by atoms with Gasteiger partial charge in [-0.05, 0) is 55.1 Å². The molecule has 0 radical (unpaired) electrons. The van der Waals surface area contributed by atoms with Gasteiger partial charge in [0.15, 0.2) is 4.80 Å². The summed E-state index contributed by atoms with van der Waals surface area (Å²) in [5, 5.41) is 2.45. The van der Waals surface area contributed by atoms with Crippen LogP contribution in [0, 0.1) is 6.92 Å². The first kappa shape index (κ1) is 21.5. The van der Waals surface area contributed by atoms with Gasteiger partial charge in [0, 0.05) is 15.5 Å². The number of hydrogen-bond donors (Lipinski definition) is 0. The lowest BCUT2D eigenvalue weighted by Gasteiger charge is -2.25. The van der Waals surface area contributed by atoms with E-state index >= 15 is 0 Å². The van der Waals surface area contributed by atoms with Crippen molar-refractivity contribution in [2.24, 2.45) is 4.99 Å². The highest BCUT2D eigenvalue weighted by Crippen LogP contribution is 2.37. The average molecular weight is 475 g/mol. The van der Waals surface area contributed by atoms with Crippen LogP contribution in [-0.2, 0) is 9.53 Å². The number of nitrogens with zero attached hydrogens (tertiary/aromatic N) is 2. The van der Waals surface area contributed by atoms with Crippen LogP contribution in [0.3, 0.4) is 0 Å². The predicted molar refractivity (Wildman–Crippen MR) is 123 cm³/mol. The molecule has 3 heterocycles. The van der Waals surface area contributed by atoms with Crippen LogP contribution >= 0.6 is 34.3 Å². The number of ether oxygens (including phenoxy) is 2. The monoisotopic (exact) mass is 474 g/mol. The molecule has 0 amide bonds. The van der Waals surface area contributed by atoms with Crippen molar-refractivity contribution < 1.29 is 14.3 Å². The van der Waals surface area contributed by atoms with Crippen LogP contribution in [-0.4, -0.2) is 24.8 Å². The van der Waals surface area contributed by atoms with E-state index in [9.17, 15) is 9.59 Å². The van der Waals surface area contributed by atoms with Gasteiger partial charge in [-0.15, -0.1) is 11.3 Å². The van der Waals surface area contributed by atoms with Gasteiger partial charge in [-0.25, -0.2) is 9.79 Å². The second-order valence-electron chi connectivity index (χ2n) is 6.93. The Bertz CT molecular complexity index is 1400. The van der Waals surface area contributed by atoms with E-state index < -0.39 is 12.0 Å². The van der Waals surface area contributed by atoms with Crippen LogP contribution < -0.4 is 19.6 Å². The topological polar surface area (TPSA) is 69.9 Å². The zero-order valence-corrected chi connectivity index (χ0v) is 19.7. The minimum absolute atomic E-state index is 0.238. The number of benzene rings is 1. The fourth-order valence-electron chi connectivity index (χ4n) is 3.56. The van der Waals surface area contributed by atoms with Crippen LogP contribution in [0.1, 0.15) is 29.0 Å². The highest BCUT2D eigenvalue weighted by atomic mass is 35.5. The zero-order chi connectivity index (χ0) is 22.3. The highest BCUT2D eigenvalue weighted by Gasteiger charge is 2.35. The molecule has 0 bridgehead atoms. The Morgan fingerprint density at radius 3 is 2.68 bits per heavy atom.